The molecule has 0 aliphatic heterocycles. The van der Waals surface area contributed by atoms with Crippen molar-refractivity contribution in [3.63, 3.8) is 0 Å². The van der Waals surface area contributed by atoms with Gasteiger partial charge in [-0.05, 0) is 57.1 Å². The molecule has 2 N–H and O–H groups in total. The van der Waals surface area contributed by atoms with Gasteiger partial charge in [0.15, 0.2) is 0 Å². The Morgan fingerprint density at radius 2 is 0.810 bits per heavy atom. The lowest BCUT2D eigenvalue weighted by Gasteiger charge is -2.27. The Morgan fingerprint density at radius 3 is 1.07 bits per heavy atom. The summed E-state index contributed by atoms with van der Waals surface area (Å²) in [6.45, 7) is 25.4. The van der Waals surface area contributed by atoms with Gasteiger partial charge in [-0.3, -0.25) is 9.98 Å². The third-order valence-electron chi connectivity index (χ3n) is 7.33. The van der Waals surface area contributed by atoms with E-state index in [0.717, 1.165) is 22.3 Å². The van der Waals surface area contributed by atoms with E-state index in [0.29, 0.717) is 32.5 Å². The number of phenolic OH excluding ortho intramolecular Hbond substituents is 2. The number of nitrogens with zero attached hydrogens (tertiary/aromatic N) is 2. The summed E-state index contributed by atoms with van der Waals surface area (Å²) in [7, 11) is 0. The largest absolute Gasteiger partial charge is 0.507 e. The van der Waals surface area contributed by atoms with E-state index >= 15 is 0 Å². The van der Waals surface area contributed by atoms with Gasteiger partial charge in [-0.15, -0.1) is 0 Å². The summed E-state index contributed by atoms with van der Waals surface area (Å²) in [5, 5.41) is 23.2. The number of hydrogen-bond donors (Lipinski definition) is 2. The topological polar surface area (TPSA) is 65.2 Å². The molecular formula is C36H46Cl2N2O2. The molecule has 0 fully saturated rings. The van der Waals surface area contributed by atoms with Crippen molar-refractivity contribution in [2.45, 2.75) is 105 Å². The molecule has 0 spiro atoms. The molecule has 3 aromatic carbocycles. The second kappa shape index (κ2) is 11.7. The van der Waals surface area contributed by atoms with E-state index in [2.05, 4.69) is 95.2 Å². The first-order valence-electron chi connectivity index (χ1n) is 14.3. The Hall–Kier alpha value is -2.82. The number of hydrogen-bond acceptors (Lipinski definition) is 4. The van der Waals surface area contributed by atoms with Crippen LogP contribution in [0.15, 0.2) is 46.4 Å². The van der Waals surface area contributed by atoms with Crippen molar-refractivity contribution in [2.75, 3.05) is 0 Å². The molecule has 226 valence electrons. The number of halogens is 2. The Balaban J connectivity index is 2.19. The van der Waals surface area contributed by atoms with Crippen LogP contribution in [-0.2, 0) is 21.7 Å². The minimum atomic E-state index is -0.261. The lowest BCUT2D eigenvalue weighted by molar-refractivity contribution is 0.443. The number of aliphatic imine (C=N–C) groups is 2. The van der Waals surface area contributed by atoms with E-state index in [-0.39, 0.29) is 33.2 Å². The molecule has 0 aliphatic carbocycles. The molecule has 0 saturated heterocycles. The average molecular weight is 610 g/mol. The Labute approximate surface area is 262 Å². The van der Waals surface area contributed by atoms with Gasteiger partial charge < -0.3 is 10.2 Å². The second-order valence-corrected chi connectivity index (χ2v) is 16.0. The lowest BCUT2D eigenvalue weighted by Crippen LogP contribution is -2.17. The summed E-state index contributed by atoms with van der Waals surface area (Å²) in [6, 6.07) is 11.4. The third kappa shape index (κ3) is 7.76. The molecule has 0 radical (unpaired) electrons. The highest BCUT2D eigenvalue weighted by atomic mass is 35.5. The summed E-state index contributed by atoms with van der Waals surface area (Å²) in [6.07, 6.45) is 3.29. The zero-order valence-electron chi connectivity index (χ0n) is 27.2. The predicted octanol–water partition coefficient (Wildman–Crippen LogP) is 11.1. The molecule has 0 heterocycles. The quantitative estimate of drug-likeness (QED) is 0.289. The molecule has 0 bridgehead atoms. The summed E-state index contributed by atoms with van der Waals surface area (Å²) in [5.41, 5.74) is 5.34. The molecule has 0 saturated carbocycles. The van der Waals surface area contributed by atoms with Crippen molar-refractivity contribution in [3.8, 4) is 11.5 Å². The van der Waals surface area contributed by atoms with Crippen molar-refractivity contribution in [1.29, 1.82) is 0 Å². The number of aromatic hydroxyl groups is 2. The second-order valence-electron chi connectivity index (χ2n) is 15.2. The maximum atomic E-state index is 11.2. The molecule has 42 heavy (non-hydrogen) atoms. The number of rotatable bonds is 4. The Kier molecular flexibility index (Phi) is 9.38. The monoisotopic (exact) mass is 608 g/mol. The molecule has 0 aromatic heterocycles. The van der Waals surface area contributed by atoms with Gasteiger partial charge >= 0.3 is 0 Å². The van der Waals surface area contributed by atoms with Gasteiger partial charge in [-0.2, -0.15) is 0 Å². The molecule has 3 aromatic rings. The van der Waals surface area contributed by atoms with E-state index < -0.39 is 0 Å². The summed E-state index contributed by atoms with van der Waals surface area (Å²) in [5.74, 6) is 0.394. The third-order valence-corrected chi connectivity index (χ3v) is 8.05. The van der Waals surface area contributed by atoms with Crippen LogP contribution in [0.25, 0.3) is 0 Å². The SMILES string of the molecule is CC(C)(C)c1cc(C=Nc2cc(Cl)c(Cl)cc2N=Cc2cc(C(C)(C)C)cc(C(C)(C)C)c2O)c(O)c(C(C)(C)C)c1. The van der Waals surface area contributed by atoms with E-state index in [9.17, 15) is 10.2 Å². The fraction of sp³-hybridized carbons (Fsp3) is 0.444. The number of phenols is 2. The lowest BCUT2D eigenvalue weighted by atomic mass is 9.79. The fourth-order valence-corrected chi connectivity index (χ4v) is 4.85. The van der Waals surface area contributed by atoms with Crippen LogP contribution >= 0.6 is 23.2 Å². The van der Waals surface area contributed by atoms with Crippen LogP contribution < -0.4 is 0 Å². The molecule has 4 nitrogen and oxygen atoms in total. The molecular weight excluding hydrogens is 563 g/mol. The van der Waals surface area contributed by atoms with E-state index in [4.69, 9.17) is 33.2 Å². The van der Waals surface area contributed by atoms with Gasteiger partial charge in [0.05, 0.1) is 21.4 Å². The highest BCUT2D eigenvalue weighted by Crippen LogP contribution is 2.41. The smallest absolute Gasteiger partial charge is 0.128 e. The molecule has 0 aliphatic rings. The molecule has 0 unspecified atom stereocenters. The maximum Gasteiger partial charge on any atom is 0.128 e. The van der Waals surface area contributed by atoms with Crippen LogP contribution in [0, 0.1) is 0 Å². The molecule has 0 atom stereocenters. The van der Waals surface area contributed by atoms with Gasteiger partial charge in [0, 0.05) is 34.7 Å². The van der Waals surface area contributed by atoms with Gasteiger partial charge in [-0.1, -0.05) is 118 Å². The number of benzene rings is 3. The van der Waals surface area contributed by atoms with Crippen molar-refractivity contribution >= 4 is 47.0 Å². The minimum Gasteiger partial charge on any atom is -0.507 e. The minimum absolute atomic E-state index is 0.120. The van der Waals surface area contributed by atoms with Crippen LogP contribution in [0.2, 0.25) is 10.0 Å². The van der Waals surface area contributed by atoms with E-state index in [1.165, 1.54) is 0 Å². The summed E-state index contributed by atoms with van der Waals surface area (Å²) in [4.78, 5) is 9.46. The molecule has 6 heteroatoms. The van der Waals surface area contributed by atoms with Gasteiger partial charge in [0.2, 0.25) is 0 Å². The highest BCUT2D eigenvalue weighted by molar-refractivity contribution is 6.42. The molecule has 0 amide bonds. The van der Waals surface area contributed by atoms with E-state index in [1.54, 1.807) is 24.6 Å². The normalized spacial score (nSPS) is 13.5. The summed E-state index contributed by atoms with van der Waals surface area (Å²) >= 11 is 12.8. The average Bonchev–Trinajstić information content (AvgIpc) is 2.82. The predicted molar refractivity (Wildman–Crippen MR) is 182 cm³/mol. The van der Waals surface area contributed by atoms with Crippen molar-refractivity contribution in [2.24, 2.45) is 9.98 Å². The maximum absolute atomic E-state index is 11.2. The van der Waals surface area contributed by atoms with Crippen molar-refractivity contribution in [1.82, 2.24) is 0 Å². The highest BCUT2D eigenvalue weighted by Gasteiger charge is 2.26. The Bertz CT molecular complexity index is 1420. The first-order valence-corrected chi connectivity index (χ1v) is 15.1. The van der Waals surface area contributed by atoms with Crippen LogP contribution in [0.1, 0.15) is 116 Å². The van der Waals surface area contributed by atoms with Crippen LogP contribution in [0.5, 0.6) is 11.5 Å². The molecule has 3 rings (SSSR count). The van der Waals surface area contributed by atoms with Crippen molar-refractivity contribution in [3.05, 3.63) is 79.8 Å². The summed E-state index contributed by atoms with van der Waals surface area (Å²) < 4.78 is 0. The Morgan fingerprint density at radius 1 is 0.500 bits per heavy atom. The first kappa shape index (κ1) is 33.7. The fourth-order valence-electron chi connectivity index (χ4n) is 4.53. The van der Waals surface area contributed by atoms with Crippen LogP contribution in [0.4, 0.5) is 11.4 Å². The standard InChI is InChI=1S/C36H46Cl2N2O2/c1-33(2,3)23-13-21(31(41)25(15-23)35(7,8)9)19-39-29-17-27(37)28(38)18-30(29)40-20-22-14-24(34(4,5)6)16-26(32(22)42)36(10,11)12/h13-20,41-42H,1-12H3. The van der Waals surface area contributed by atoms with Gasteiger partial charge in [-0.25, -0.2) is 0 Å². The van der Waals surface area contributed by atoms with Crippen LogP contribution in [0.3, 0.4) is 0 Å². The van der Waals surface area contributed by atoms with E-state index in [1.807, 2.05) is 12.1 Å². The van der Waals surface area contributed by atoms with Crippen LogP contribution in [-0.4, -0.2) is 22.6 Å². The van der Waals surface area contributed by atoms with Gasteiger partial charge in [0.25, 0.3) is 0 Å². The zero-order chi connectivity index (χ0) is 32.0. The van der Waals surface area contributed by atoms with Gasteiger partial charge in [0.1, 0.15) is 11.5 Å². The zero-order valence-corrected chi connectivity index (χ0v) is 28.7. The van der Waals surface area contributed by atoms with Crippen molar-refractivity contribution < 1.29 is 10.2 Å². The first-order chi connectivity index (χ1) is 19.0.